The summed E-state index contributed by atoms with van der Waals surface area (Å²) >= 11 is 0. The van der Waals surface area contributed by atoms with E-state index in [1.807, 2.05) is 0 Å². The molecular weight excluding hydrogens is 183 g/mol. The van der Waals surface area contributed by atoms with Gasteiger partial charge in [0.25, 0.3) is 0 Å². The largest absolute Gasteiger partial charge is 0.473 e. The van der Waals surface area contributed by atoms with Crippen LogP contribution in [-0.4, -0.2) is 24.2 Å². The van der Waals surface area contributed by atoms with Crippen molar-refractivity contribution in [2.45, 2.75) is 19.4 Å². The lowest BCUT2D eigenvalue weighted by Crippen LogP contribution is -2.20. The van der Waals surface area contributed by atoms with Crippen LogP contribution < -0.4 is 10.1 Å². The summed E-state index contributed by atoms with van der Waals surface area (Å²) in [6.07, 6.45) is 1.16. The van der Waals surface area contributed by atoms with Crippen LogP contribution in [0.5, 0.6) is 5.88 Å². The molecule has 1 saturated heterocycles. The van der Waals surface area contributed by atoms with Crippen molar-refractivity contribution < 1.29 is 9.13 Å². The van der Waals surface area contributed by atoms with Crippen LogP contribution in [0.1, 0.15) is 12.1 Å². The van der Waals surface area contributed by atoms with Crippen molar-refractivity contribution in [3.63, 3.8) is 0 Å². The molecule has 0 spiro atoms. The lowest BCUT2D eigenvalue weighted by molar-refractivity contribution is 0.213. The van der Waals surface area contributed by atoms with Gasteiger partial charge in [-0.2, -0.15) is 0 Å². The molecule has 1 atom stereocenters. The van der Waals surface area contributed by atoms with Crippen LogP contribution in [0, 0.1) is 12.7 Å². The molecule has 1 N–H and O–H groups in total. The second-order valence-corrected chi connectivity index (χ2v) is 3.45. The highest BCUT2D eigenvalue weighted by atomic mass is 19.1. The first-order chi connectivity index (χ1) is 6.75. The average molecular weight is 196 g/mol. The van der Waals surface area contributed by atoms with Crippen molar-refractivity contribution in [1.82, 2.24) is 10.3 Å². The van der Waals surface area contributed by atoms with E-state index < -0.39 is 0 Å². The smallest absolute Gasteiger partial charge is 0.213 e. The van der Waals surface area contributed by atoms with Gasteiger partial charge in [-0.05, 0) is 26.0 Å². The average Bonchev–Trinajstić information content (AvgIpc) is 2.64. The molecule has 2 heterocycles. The van der Waals surface area contributed by atoms with Gasteiger partial charge in [-0.3, -0.25) is 0 Å². The minimum atomic E-state index is -0.290. The van der Waals surface area contributed by atoms with Crippen molar-refractivity contribution >= 4 is 0 Å². The van der Waals surface area contributed by atoms with Gasteiger partial charge >= 0.3 is 0 Å². The quantitative estimate of drug-likeness (QED) is 0.773. The molecule has 4 heteroatoms. The summed E-state index contributed by atoms with van der Waals surface area (Å²) in [6.45, 7) is 3.46. The monoisotopic (exact) mass is 196 g/mol. The maximum absolute atomic E-state index is 12.9. The third kappa shape index (κ3) is 2.01. The van der Waals surface area contributed by atoms with E-state index in [1.54, 1.807) is 13.0 Å². The van der Waals surface area contributed by atoms with Gasteiger partial charge in [0.2, 0.25) is 5.88 Å². The minimum Gasteiger partial charge on any atom is -0.473 e. The molecule has 0 radical (unpaired) electrons. The molecule has 3 nitrogen and oxygen atoms in total. The summed E-state index contributed by atoms with van der Waals surface area (Å²) in [5, 5.41) is 3.19. The molecule has 1 aromatic heterocycles. The first-order valence-electron chi connectivity index (χ1n) is 4.76. The zero-order valence-electron chi connectivity index (χ0n) is 8.09. The molecule has 0 amide bonds. The SMILES string of the molecule is Cc1nc(OC2CCNC2)ccc1F. The molecule has 1 aromatic rings. The van der Waals surface area contributed by atoms with Crippen molar-refractivity contribution in [2.75, 3.05) is 13.1 Å². The van der Waals surface area contributed by atoms with Gasteiger partial charge in [0.1, 0.15) is 11.9 Å². The number of nitrogens with zero attached hydrogens (tertiary/aromatic N) is 1. The van der Waals surface area contributed by atoms with Crippen molar-refractivity contribution in [2.24, 2.45) is 0 Å². The van der Waals surface area contributed by atoms with Crippen molar-refractivity contribution in [3.8, 4) is 5.88 Å². The Hall–Kier alpha value is -1.16. The third-order valence-electron chi connectivity index (χ3n) is 2.30. The molecule has 2 rings (SSSR count). The molecule has 14 heavy (non-hydrogen) atoms. The number of halogens is 1. The predicted molar refractivity (Wildman–Crippen MR) is 50.8 cm³/mol. The summed E-state index contributed by atoms with van der Waals surface area (Å²) in [5.41, 5.74) is 0.383. The highest BCUT2D eigenvalue weighted by molar-refractivity contribution is 5.17. The van der Waals surface area contributed by atoms with Gasteiger partial charge in [-0.1, -0.05) is 0 Å². The van der Waals surface area contributed by atoms with E-state index >= 15 is 0 Å². The van der Waals surface area contributed by atoms with Crippen LogP contribution >= 0.6 is 0 Å². The standard InChI is InChI=1S/C10H13FN2O/c1-7-9(11)2-3-10(13-7)14-8-4-5-12-6-8/h2-3,8,12H,4-6H2,1H3. The Balaban J connectivity index is 2.05. The number of nitrogens with one attached hydrogen (secondary N) is 1. The Labute approximate surface area is 82.3 Å². The summed E-state index contributed by atoms with van der Waals surface area (Å²) < 4.78 is 18.5. The van der Waals surface area contributed by atoms with Crippen LogP contribution in [0.25, 0.3) is 0 Å². The van der Waals surface area contributed by atoms with Crippen LogP contribution in [0.3, 0.4) is 0 Å². The summed E-state index contributed by atoms with van der Waals surface area (Å²) in [5.74, 6) is 0.222. The second-order valence-electron chi connectivity index (χ2n) is 3.45. The lowest BCUT2D eigenvalue weighted by Gasteiger charge is -2.11. The zero-order chi connectivity index (χ0) is 9.97. The van der Waals surface area contributed by atoms with Gasteiger partial charge in [0.15, 0.2) is 0 Å². The molecule has 76 valence electrons. The summed E-state index contributed by atoms with van der Waals surface area (Å²) in [4.78, 5) is 4.01. The zero-order valence-corrected chi connectivity index (χ0v) is 8.09. The molecule has 0 bridgehead atoms. The number of hydrogen-bond donors (Lipinski definition) is 1. The summed E-state index contributed by atoms with van der Waals surface area (Å²) in [6, 6.07) is 2.96. The van der Waals surface area contributed by atoms with Crippen LogP contribution in [0.4, 0.5) is 4.39 Å². The van der Waals surface area contributed by atoms with E-state index in [4.69, 9.17) is 4.74 Å². The second kappa shape index (κ2) is 3.92. The lowest BCUT2D eigenvalue weighted by atomic mass is 10.3. The van der Waals surface area contributed by atoms with E-state index in [0.717, 1.165) is 19.5 Å². The van der Waals surface area contributed by atoms with Crippen LogP contribution in [0.2, 0.25) is 0 Å². The minimum absolute atomic E-state index is 0.173. The number of aromatic nitrogens is 1. The third-order valence-corrected chi connectivity index (χ3v) is 2.30. The molecular formula is C10H13FN2O. The summed E-state index contributed by atoms with van der Waals surface area (Å²) in [7, 11) is 0. The highest BCUT2D eigenvalue weighted by Crippen LogP contribution is 2.14. The first kappa shape index (κ1) is 9.40. The highest BCUT2D eigenvalue weighted by Gasteiger charge is 2.16. The molecule has 0 aromatic carbocycles. The van der Waals surface area contributed by atoms with Gasteiger partial charge < -0.3 is 10.1 Å². The number of hydrogen-bond acceptors (Lipinski definition) is 3. The Bertz CT molecular complexity index is 324. The van der Waals surface area contributed by atoms with Crippen molar-refractivity contribution in [3.05, 3.63) is 23.6 Å². The number of aryl methyl sites for hydroxylation is 1. The Kier molecular flexibility index (Phi) is 2.63. The fraction of sp³-hybridized carbons (Fsp3) is 0.500. The van der Waals surface area contributed by atoms with E-state index in [-0.39, 0.29) is 11.9 Å². The number of rotatable bonds is 2. The predicted octanol–water partition coefficient (Wildman–Crippen LogP) is 1.27. The van der Waals surface area contributed by atoms with Crippen LogP contribution in [0.15, 0.2) is 12.1 Å². The fourth-order valence-corrected chi connectivity index (χ4v) is 1.49. The molecule has 0 aliphatic carbocycles. The number of pyridine rings is 1. The molecule has 1 aliphatic heterocycles. The normalized spacial score (nSPS) is 21.1. The van der Waals surface area contributed by atoms with E-state index in [1.165, 1.54) is 6.07 Å². The van der Waals surface area contributed by atoms with Crippen molar-refractivity contribution in [1.29, 1.82) is 0 Å². The maximum Gasteiger partial charge on any atom is 0.213 e. The molecule has 1 fully saturated rings. The molecule has 1 unspecified atom stereocenters. The van der Waals surface area contributed by atoms with Gasteiger partial charge in [0, 0.05) is 12.6 Å². The number of ether oxygens (including phenoxy) is 1. The van der Waals surface area contributed by atoms with Crippen LogP contribution in [-0.2, 0) is 0 Å². The van der Waals surface area contributed by atoms with Gasteiger partial charge in [-0.25, -0.2) is 9.37 Å². The van der Waals surface area contributed by atoms with E-state index in [9.17, 15) is 4.39 Å². The Morgan fingerprint density at radius 1 is 1.57 bits per heavy atom. The Morgan fingerprint density at radius 2 is 2.43 bits per heavy atom. The molecule has 1 aliphatic rings. The van der Waals surface area contributed by atoms with Gasteiger partial charge in [-0.15, -0.1) is 0 Å². The van der Waals surface area contributed by atoms with E-state index in [0.29, 0.717) is 11.6 Å². The Morgan fingerprint density at radius 3 is 3.07 bits per heavy atom. The maximum atomic E-state index is 12.9. The first-order valence-corrected chi connectivity index (χ1v) is 4.76. The molecule has 0 saturated carbocycles. The van der Waals surface area contributed by atoms with Gasteiger partial charge in [0.05, 0.1) is 5.69 Å². The topological polar surface area (TPSA) is 34.1 Å². The van der Waals surface area contributed by atoms with E-state index in [2.05, 4.69) is 10.3 Å². The fourth-order valence-electron chi connectivity index (χ4n) is 1.49.